The Morgan fingerprint density at radius 1 is 1.19 bits per heavy atom. The molecule has 0 bridgehead atoms. The van der Waals surface area contributed by atoms with Crippen LogP contribution in [0.4, 0.5) is 22.0 Å². The molecule has 0 aliphatic carbocycles. The van der Waals surface area contributed by atoms with Crippen LogP contribution in [-0.2, 0) is 29.2 Å². The molecular formula is C12H16F5NO7S. The highest BCUT2D eigenvalue weighted by atomic mass is 32.2. The third kappa shape index (κ3) is 5.60. The van der Waals surface area contributed by atoms with Crippen molar-refractivity contribution in [2.24, 2.45) is 0 Å². The van der Waals surface area contributed by atoms with Crippen LogP contribution in [0.15, 0.2) is 12.2 Å². The summed E-state index contributed by atoms with van der Waals surface area (Å²) >= 11 is 0. The first-order chi connectivity index (χ1) is 11.5. The molecule has 0 radical (unpaired) electrons. The normalized spacial score (nSPS) is 15.1. The number of hydrogen-bond acceptors (Lipinski definition) is 6. The molecule has 152 valence electrons. The van der Waals surface area contributed by atoms with Crippen LogP contribution in [0.2, 0.25) is 0 Å². The molecule has 0 rings (SSSR count). The van der Waals surface area contributed by atoms with Gasteiger partial charge >= 0.3 is 39.2 Å². The minimum atomic E-state index is -6.17. The van der Waals surface area contributed by atoms with Gasteiger partial charge in [0.1, 0.15) is 6.61 Å². The number of nitrogens with one attached hydrogen (secondary N) is 1. The van der Waals surface area contributed by atoms with E-state index < -0.39 is 51.4 Å². The predicted molar refractivity (Wildman–Crippen MR) is 75.4 cm³/mol. The maximum Gasteiger partial charge on any atom is 0.466 e. The van der Waals surface area contributed by atoms with Gasteiger partial charge in [0.05, 0.1) is 0 Å². The Labute approximate surface area is 145 Å². The zero-order valence-corrected chi connectivity index (χ0v) is 14.3. The van der Waals surface area contributed by atoms with Crippen molar-refractivity contribution >= 4 is 22.0 Å². The summed E-state index contributed by atoms with van der Waals surface area (Å²) in [6, 6.07) is 0. The molecule has 1 unspecified atom stereocenters. The molecule has 0 aromatic rings. The van der Waals surface area contributed by atoms with E-state index in [0.29, 0.717) is 0 Å². The van der Waals surface area contributed by atoms with E-state index in [-0.39, 0.29) is 13.0 Å². The quantitative estimate of drug-likeness (QED) is 0.193. The Balaban J connectivity index is 6.06. The lowest BCUT2D eigenvalue weighted by Gasteiger charge is -2.33. The fraction of sp³-hybridized carbons (Fsp3) is 0.667. The monoisotopic (exact) mass is 413 g/mol. The number of hydrogen-bond donors (Lipinski definition) is 2. The lowest BCUT2D eigenvalue weighted by Crippen LogP contribution is -2.62. The Hall–Kier alpha value is -1.80. The first-order valence-corrected chi connectivity index (χ1v) is 8.18. The standard InChI is InChI=1S/C12H16F5NO7S/c1-4-5-18-9(20)11(12(15,16)17,25-8(19)7(2)3)24-6-10(13,14)26(21,22)23/h2,4-6H2,1,3H3,(H,18,20)(H,21,22,23). The second-order valence-electron chi connectivity index (χ2n) is 4.94. The van der Waals surface area contributed by atoms with Gasteiger partial charge in [-0.2, -0.15) is 30.4 Å². The van der Waals surface area contributed by atoms with Crippen molar-refractivity contribution in [2.75, 3.05) is 13.2 Å². The number of rotatable bonds is 9. The smallest absolute Gasteiger partial charge is 0.412 e. The van der Waals surface area contributed by atoms with E-state index >= 15 is 0 Å². The number of amides is 1. The molecule has 0 aliphatic heterocycles. The van der Waals surface area contributed by atoms with Gasteiger partial charge in [0.2, 0.25) is 0 Å². The molecule has 0 aromatic heterocycles. The SMILES string of the molecule is C=C(C)C(=O)OC(OCC(F)(F)S(=O)(=O)O)(C(=O)NCCC)C(F)(F)F. The molecule has 0 aromatic carbocycles. The Morgan fingerprint density at radius 2 is 1.69 bits per heavy atom. The highest BCUT2D eigenvalue weighted by Gasteiger charge is 2.67. The number of alkyl halides is 5. The van der Waals surface area contributed by atoms with Crippen LogP contribution < -0.4 is 5.32 Å². The molecular weight excluding hydrogens is 397 g/mol. The maximum atomic E-state index is 13.4. The molecule has 0 saturated carbocycles. The molecule has 0 fully saturated rings. The summed E-state index contributed by atoms with van der Waals surface area (Å²) in [5.41, 5.74) is -0.632. The van der Waals surface area contributed by atoms with Crippen molar-refractivity contribution < 1.29 is 54.0 Å². The van der Waals surface area contributed by atoms with Crippen molar-refractivity contribution in [2.45, 2.75) is 37.5 Å². The second kappa shape index (κ2) is 8.26. The maximum absolute atomic E-state index is 13.4. The van der Waals surface area contributed by atoms with E-state index in [2.05, 4.69) is 16.1 Å². The number of ether oxygens (including phenoxy) is 2. The molecule has 0 spiro atoms. The largest absolute Gasteiger partial charge is 0.466 e. The number of carbonyl (C=O) groups is 2. The minimum Gasteiger partial charge on any atom is -0.412 e. The molecule has 1 amide bonds. The lowest BCUT2D eigenvalue weighted by molar-refractivity contribution is -0.352. The predicted octanol–water partition coefficient (Wildman–Crippen LogP) is 1.39. The van der Waals surface area contributed by atoms with Gasteiger partial charge in [0, 0.05) is 12.1 Å². The zero-order chi connectivity index (χ0) is 21.0. The Morgan fingerprint density at radius 3 is 2.04 bits per heavy atom. The average molecular weight is 413 g/mol. The number of carbonyl (C=O) groups excluding carboxylic acids is 2. The summed E-state index contributed by atoms with van der Waals surface area (Å²) in [6.07, 6.45) is -5.76. The minimum absolute atomic E-state index is 0.120. The third-order valence-corrected chi connectivity index (χ3v) is 3.49. The zero-order valence-electron chi connectivity index (χ0n) is 13.5. The van der Waals surface area contributed by atoms with Gasteiger partial charge in [0.15, 0.2) is 0 Å². The van der Waals surface area contributed by atoms with Gasteiger partial charge in [-0.05, 0) is 13.3 Å². The van der Waals surface area contributed by atoms with Gasteiger partial charge in [-0.1, -0.05) is 13.5 Å². The molecule has 26 heavy (non-hydrogen) atoms. The van der Waals surface area contributed by atoms with Gasteiger partial charge in [-0.25, -0.2) is 4.79 Å². The summed E-state index contributed by atoms with van der Waals surface area (Å²) in [5.74, 6) is -8.58. The topological polar surface area (TPSA) is 119 Å². The van der Waals surface area contributed by atoms with Crippen LogP contribution in [0.5, 0.6) is 0 Å². The lowest BCUT2D eigenvalue weighted by atomic mass is 10.2. The summed E-state index contributed by atoms with van der Waals surface area (Å²) < 4.78 is 104. The van der Waals surface area contributed by atoms with Crippen molar-refractivity contribution in [1.82, 2.24) is 5.32 Å². The second-order valence-corrected chi connectivity index (χ2v) is 6.49. The van der Waals surface area contributed by atoms with Gasteiger partial charge in [-0.3, -0.25) is 9.35 Å². The average Bonchev–Trinajstić information content (AvgIpc) is 2.46. The third-order valence-electron chi connectivity index (χ3n) is 2.61. The van der Waals surface area contributed by atoms with Crippen LogP contribution in [0, 0.1) is 0 Å². The molecule has 0 heterocycles. The van der Waals surface area contributed by atoms with E-state index in [4.69, 9.17) is 4.55 Å². The van der Waals surface area contributed by atoms with Crippen molar-refractivity contribution in [3.8, 4) is 0 Å². The van der Waals surface area contributed by atoms with Crippen LogP contribution >= 0.6 is 0 Å². The van der Waals surface area contributed by atoms with Crippen LogP contribution in [0.1, 0.15) is 20.3 Å². The van der Waals surface area contributed by atoms with E-state index in [1.807, 2.05) is 0 Å². The van der Waals surface area contributed by atoms with E-state index in [1.54, 1.807) is 5.32 Å². The van der Waals surface area contributed by atoms with Gasteiger partial charge in [0.25, 0.3) is 0 Å². The molecule has 0 aliphatic rings. The van der Waals surface area contributed by atoms with Crippen molar-refractivity contribution in [3.05, 3.63) is 12.2 Å². The molecule has 14 heteroatoms. The van der Waals surface area contributed by atoms with Crippen molar-refractivity contribution in [1.29, 1.82) is 0 Å². The fourth-order valence-electron chi connectivity index (χ4n) is 1.24. The fourth-order valence-corrected chi connectivity index (χ4v) is 1.45. The summed E-state index contributed by atoms with van der Waals surface area (Å²) in [6.45, 7) is 2.32. The number of halogens is 5. The number of esters is 1. The summed E-state index contributed by atoms with van der Waals surface area (Å²) in [5, 5.41) is -3.57. The van der Waals surface area contributed by atoms with E-state index in [0.717, 1.165) is 6.92 Å². The van der Waals surface area contributed by atoms with Crippen LogP contribution in [0.25, 0.3) is 0 Å². The molecule has 2 N–H and O–H groups in total. The summed E-state index contributed by atoms with van der Waals surface area (Å²) in [7, 11) is -6.17. The van der Waals surface area contributed by atoms with Crippen LogP contribution in [0.3, 0.4) is 0 Å². The Bertz CT molecular complexity index is 661. The molecule has 8 nitrogen and oxygen atoms in total. The van der Waals surface area contributed by atoms with Crippen LogP contribution in [-0.4, -0.2) is 55.2 Å². The summed E-state index contributed by atoms with van der Waals surface area (Å²) in [4.78, 5) is 23.3. The van der Waals surface area contributed by atoms with Gasteiger partial charge in [-0.15, -0.1) is 0 Å². The highest BCUT2D eigenvalue weighted by Crippen LogP contribution is 2.37. The molecule has 0 saturated heterocycles. The first kappa shape index (κ1) is 24.2. The highest BCUT2D eigenvalue weighted by molar-refractivity contribution is 7.86. The van der Waals surface area contributed by atoms with Gasteiger partial charge < -0.3 is 14.8 Å². The van der Waals surface area contributed by atoms with E-state index in [1.165, 1.54) is 6.92 Å². The first-order valence-electron chi connectivity index (χ1n) is 6.74. The Kier molecular flexibility index (Phi) is 7.69. The molecule has 1 atom stereocenters. The van der Waals surface area contributed by atoms with Crippen molar-refractivity contribution in [3.63, 3.8) is 0 Å². The van der Waals surface area contributed by atoms with E-state index in [9.17, 15) is 40.0 Å².